The van der Waals surface area contributed by atoms with Crippen LogP contribution in [-0.4, -0.2) is 41.1 Å². The van der Waals surface area contributed by atoms with Gasteiger partial charge >= 0.3 is 0 Å². The average Bonchev–Trinajstić information content (AvgIpc) is 3.01. The predicted molar refractivity (Wildman–Crippen MR) is 84.7 cm³/mol. The van der Waals surface area contributed by atoms with Crippen molar-refractivity contribution in [3.8, 4) is 0 Å². The number of hydrogen-bond donors (Lipinski definition) is 1. The highest BCUT2D eigenvalue weighted by Gasteiger charge is 2.33. The summed E-state index contributed by atoms with van der Waals surface area (Å²) in [4.78, 5) is 26.2. The molecule has 1 N–H and O–H groups in total. The van der Waals surface area contributed by atoms with Gasteiger partial charge in [-0.2, -0.15) is 0 Å². The highest BCUT2D eigenvalue weighted by atomic mass is 16.5. The first kappa shape index (κ1) is 16.2. The van der Waals surface area contributed by atoms with Gasteiger partial charge in [0.05, 0.1) is 13.2 Å². The van der Waals surface area contributed by atoms with E-state index < -0.39 is 6.04 Å². The van der Waals surface area contributed by atoms with Gasteiger partial charge in [0.1, 0.15) is 24.1 Å². The molecule has 2 heterocycles. The second-order valence-electron chi connectivity index (χ2n) is 5.68. The van der Waals surface area contributed by atoms with E-state index in [1.54, 1.807) is 17.9 Å². The fourth-order valence-electron chi connectivity index (χ4n) is 2.60. The van der Waals surface area contributed by atoms with Gasteiger partial charge in [0.2, 0.25) is 11.8 Å². The van der Waals surface area contributed by atoms with Crippen LogP contribution in [0, 0.1) is 6.92 Å². The predicted octanol–water partition coefficient (Wildman–Crippen LogP) is 1.03. The normalized spacial score (nSPS) is 17.8. The summed E-state index contributed by atoms with van der Waals surface area (Å²) >= 11 is 0. The van der Waals surface area contributed by atoms with E-state index in [0.717, 1.165) is 5.56 Å². The second-order valence-corrected chi connectivity index (χ2v) is 5.68. The molecule has 3 rings (SSSR count). The molecule has 0 bridgehead atoms. The van der Waals surface area contributed by atoms with E-state index in [9.17, 15) is 9.59 Å². The molecule has 0 radical (unpaired) electrons. The maximum Gasteiger partial charge on any atom is 0.249 e. The van der Waals surface area contributed by atoms with Crippen molar-refractivity contribution in [2.24, 2.45) is 0 Å². The van der Waals surface area contributed by atoms with Gasteiger partial charge in [-0.05, 0) is 12.5 Å². The molecular weight excluding hydrogens is 310 g/mol. The number of morpholine rings is 1. The smallest absolute Gasteiger partial charge is 0.249 e. The Morgan fingerprint density at radius 1 is 1.38 bits per heavy atom. The molecule has 1 aromatic carbocycles. The molecule has 0 aliphatic carbocycles. The molecule has 1 saturated heterocycles. The molecular formula is C17H19N3O4. The van der Waals surface area contributed by atoms with E-state index in [1.807, 2.05) is 30.3 Å². The number of hydrogen-bond acceptors (Lipinski definition) is 5. The first-order valence-electron chi connectivity index (χ1n) is 7.74. The van der Waals surface area contributed by atoms with Gasteiger partial charge in [-0.1, -0.05) is 35.5 Å². The minimum Gasteiger partial charge on any atom is -0.369 e. The number of rotatable bonds is 5. The molecule has 1 aliphatic heterocycles. The third-order valence-corrected chi connectivity index (χ3v) is 3.82. The Morgan fingerprint density at radius 2 is 2.17 bits per heavy atom. The summed E-state index contributed by atoms with van der Waals surface area (Å²) in [5.41, 5.74) is 1.61. The number of nitrogens with one attached hydrogen (secondary N) is 1. The van der Waals surface area contributed by atoms with Crippen molar-refractivity contribution >= 4 is 11.8 Å². The van der Waals surface area contributed by atoms with Gasteiger partial charge in [0, 0.05) is 12.6 Å². The number of aryl methyl sites for hydroxylation is 1. The lowest BCUT2D eigenvalue weighted by Crippen LogP contribution is -2.55. The highest BCUT2D eigenvalue weighted by Crippen LogP contribution is 2.14. The molecule has 1 aromatic heterocycles. The summed E-state index contributed by atoms with van der Waals surface area (Å²) in [7, 11) is 0. The number of nitrogens with zero attached hydrogens (tertiary/aromatic N) is 2. The Kier molecular flexibility index (Phi) is 4.90. The number of amides is 2. The van der Waals surface area contributed by atoms with Gasteiger partial charge < -0.3 is 19.5 Å². The van der Waals surface area contributed by atoms with Crippen LogP contribution in [0.25, 0.3) is 0 Å². The Hall–Kier alpha value is -2.67. The molecule has 1 fully saturated rings. The van der Waals surface area contributed by atoms with Crippen molar-refractivity contribution in [1.29, 1.82) is 0 Å². The minimum absolute atomic E-state index is 0.000898. The molecule has 24 heavy (non-hydrogen) atoms. The second kappa shape index (κ2) is 7.27. The maximum atomic E-state index is 12.5. The van der Waals surface area contributed by atoms with Crippen LogP contribution < -0.4 is 5.32 Å². The Bertz CT molecular complexity index is 714. The van der Waals surface area contributed by atoms with Crippen LogP contribution in [0.15, 0.2) is 40.9 Å². The highest BCUT2D eigenvalue weighted by molar-refractivity contribution is 5.89. The zero-order valence-corrected chi connectivity index (χ0v) is 13.4. The zero-order valence-electron chi connectivity index (χ0n) is 13.4. The van der Waals surface area contributed by atoms with Crippen LogP contribution in [0.2, 0.25) is 0 Å². The molecule has 1 atom stereocenters. The molecule has 0 spiro atoms. The summed E-state index contributed by atoms with van der Waals surface area (Å²) in [6.07, 6.45) is 0. The number of benzene rings is 1. The number of carbonyl (C=O) groups is 2. The van der Waals surface area contributed by atoms with E-state index in [1.165, 1.54) is 0 Å². The van der Waals surface area contributed by atoms with Gasteiger partial charge in [-0.25, -0.2) is 0 Å². The molecule has 2 aromatic rings. The van der Waals surface area contributed by atoms with Crippen LogP contribution in [-0.2, 0) is 27.4 Å². The maximum absolute atomic E-state index is 12.5. The number of ether oxygens (including phenoxy) is 1. The molecule has 2 amide bonds. The summed E-state index contributed by atoms with van der Waals surface area (Å²) in [6.45, 7) is 2.60. The SMILES string of the molecule is Cc1cc(CNC(=O)C2COCC(=O)N2Cc2ccccc2)no1. The summed E-state index contributed by atoms with van der Waals surface area (Å²) in [6, 6.07) is 10.7. The quantitative estimate of drug-likeness (QED) is 0.885. The van der Waals surface area contributed by atoms with Gasteiger partial charge in [-0.3, -0.25) is 9.59 Å². The van der Waals surface area contributed by atoms with Crippen LogP contribution in [0.4, 0.5) is 0 Å². The van der Waals surface area contributed by atoms with E-state index in [-0.39, 0.29) is 31.6 Å². The first-order valence-corrected chi connectivity index (χ1v) is 7.74. The Labute approximate surface area is 139 Å². The van der Waals surface area contributed by atoms with E-state index in [2.05, 4.69) is 10.5 Å². The van der Waals surface area contributed by atoms with E-state index in [4.69, 9.17) is 9.26 Å². The first-order chi connectivity index (χ1) is 11.6. The monoisotopic (exact) mass is 329 g/mol. The van der Waals surface area contributed by atoms with Gasteiger partial charge in [0.25, 0.3) is 0 Å². The largest absolute Gasteiger partial charge is 0.369 e. The minimum atomic E-state index is -0.653. The summed E-state index contributed by atoms with van der Waals surface area (Å²) < 4.78 is 10.2. The molecule has 1 aliphatic rings. The van der Waals surface area contributed by atoms with Crippen molar-refractivity contribution < 1.29 is 18.8 Å². The van der Waals surface area contributed by atoms with Crippen molar-refractivity contribution in [2.45, 2.75) is 26.1 Å². The fourth-order valence-corrected chi connectivity index (χ4v) is 2.60. The Balaban J connectivity index is 1.66. The van der Waals surface area contributed by atoms with Crippen LogP contribution in [0.5, 0.6) is 0 Å². The standard InChI is InChI=1S/C17H19N3O4/c1-12-7-14(19-24-12)8-18-17(22)15-10-23-11-16(21)20(15)9-13-5-3-2-4-6-13/h2-7,15H,8-11H2,1H3,(H,18,22). The lowest BCUT2D eigenvalue weighted by Gasteiger charge is -2.34. The lowest BCUT2D eigenvalue weighted by molar-refractivity contribution is -0.155. The summed E-state index contributed by atoms with van der Waals surface area (Å²) in [5, 5.41) is 6.62. The zero-order chi connectivity index (χ0) is 16.9. The van der Waals surface area contributed by atoms with E-state index >= 15 is 0 Å². The van der Waals surface area contributed by atoms with Gasteiger partial charge in [-0.15, -0.1) is 0 Å². The topological polar surface area (TPSA) is 84.7 Å². The van der Waals surface area contributed by atoms with Crippen molar-refractivity contribution in [3.05, 3.63) is 53.4 Å². The van der Waals surface area contributed by atoms with Crippen molar-refractivity contribution in [3.63, 3.8) is 0 Å². The molecule has 126 valence electrons. The molecule has 0 saturated carbocycles. The van der Waals surface area contributed by atoms with Crippen LogP contribution >= 0.6 is 0 Å². The van der Waals surface area contributed by atoms with E-state index in [0.29, 0.717) is 18.0 Å². The number of carbonyl (C=O) groups excluding carboxylic acids is 2. The summed E-state index contributed by atoms with van der Waals surface area (Å²) in [5.74, 6) is 0.225. The Morgan fingerprint density at radius 3 is 2.88 bits per heavy atom. The molecule has 7 nitrogen and oxygen atoms in total. The molecule has 7 heteroatoms. The fraction of sp³-hybridized carbons (Fsp3) is 0.353. The third-order valence-electron chi connectivity index (χ3n) is 3.82. The average molecular weight is 329 g/mol. The van der Waals surface area contributed by atoms with Gasteiger partial charge in [0.15, 0.2) is 0 Å². The van der Waals surface area contributed by atoms with Crippen molar-refractivity contribution in [2.75, 3.05) is 13.2 Å². The van der Waals surface area contributed by atoms with Crippen molar-refractivity contribution in [1.82, 2.24) is 15.4 Å². The third kappa shape index (κ3) is 3.80. The lowest BCUT2D eigenvalue weighted by atomic mass is 10.1. The molecule has 1 unspecified atom stereocenters. The van der Waals surface area contributed by atoms with Crippen LogP contribution in [0.3, 0.4) is 0 Å². The number of aromatic nitrogens is 1. The van der Waals surface area contributed by atoms with Crippen LogP contribution in [0.1, 0.15) is 17.0 Å².